The van der Waals surface area contributed by atoms with Gasteiger partial charge in [-0.1, -0.05) is 30.3 Å². The van der Waals surface area contributed by atoms with Crippen molar-refractivity contribution in [3.8, 4) is 5.75 Å². The van der Waals surface area contributed by atoms with E-state index in [2.05, 4.69) is 10.2 Å². The van der Waals surface area contributed by atoms with Gasteiger partial charge in [-0.3, -0.25) is 14.5 Å². The second kappa shape index (κ2) is 10.3. The van der Waals surface area contributed by atoms with Crippen LogP contribution in [0.1, 0.15) is 23.1 Å². The molecule has 1 aliphatic rings. The largest absolute Gasteiger partial charge is 0.493 e. The molecule has 1 N–H and O–H groups in total. The predicted octanol–water partition coefficient (Wildman–Crippen LogP) is 3.16. The first kappa shape index (κ1) is 21.8. The van der Waals surface area contributed by atoms with Crippen LogP contribution in [0.5, 0.6) is 5.75 Å². The molecular weight excluding hydrogens is 378 g/mol. The lowest BCUT2D eigenvalue weighted by molar-refractivity contribution is -0.133. The molecule has 0 atom stereocenters. The third-order valence-corrected chi connectivity index (χ3v) is 5.41. The lowest BCUT2D eigenvalue weighted by atomic mass is 10.1. The minimum atomic E-state index is -0.0151. The number of ether oxygens (including phenoxy) is 1. The van der Waals surface area contributed by atoms with Gasteiger partial charge in [0.15, 0.2) is 0 Å². The number of rotatable bonds is 7. The van der Waals surface area contributed by atoms with Gasteiger partial charge in [0.25, 0.3) is 0 Å². The Kier molecular flexibility index (Phi) is 7.46. The molecule has 0 spiro atoms. The summed E-state index contributed by atoms with van der Waals surface area (Å²) in [5.74, 6) is 0.878. The van der Waals surface area contributed by atoms with Crippen LogP contribution in [0.15, 0.2) is 42.5 Å². The predicted molar refractivity (Wildman–Crippen MR) is 119 cm³/mol. The number of nitrogens with one attached hydrogen (secondary N) is 1. The van der Waals surface area contributed by atoms with Crippen LogP contribution in [0.3, 0.4) is 0 Å². The second-order valence-electron chi connectivity index (χ2n) is 7.89. The number of benzene rings is 2. The molecule has 2 amide bonds. The maximum Gasteiger partial charge on any atom is 0.238 e. The lowest BCUT2D eigenvalue weighted by Crippen LogP contribution is -2.50. The number of aryl methyl sites for hydroxylation is 3. The summed E-state index contributed by atoms with van der Waals surface area (Å²) in [6.45, 7) is 9.40. The summed E-state index contributed by atoms with van der Waals surface area (Å²) in [5.41, 5.74) is 4.15. The van der Waals surface area contributed by atoms with Crippen molar-refractivity contribution in [2.24, 2.45) is 0 Å². The quantitative estimate of drug-likeness (QED) is 0.763. The molecule has 1 heterocycles. The van der Waals surface area contributed by atoms with E-state index in [1.807, 2.05) is 68.1 Å². The van der Waals surface area contributed by atoms with Crippen LogP contribution in [0.25, 0.3) is 0 Å². The molecule has 3 rings (SSSR count). The van der Waals surface area contributed by atoms with Gasteiger partial charge in [-0.15, -0.1) is 0 Å². The monoisotopic (exact) mass is 409 g/mol. The number of amides is 2. The highest BCUT2D eigenvalue weighted by Crippen LogP contribution is 2.19. The van der Waals surface area contributed by atoms with Crippen LogP contribution in [0.2, 0.25) is 0 Å². The van der Waals surface area contributed by atoms with Gasteiger partial charge in [-0.25, -0.2) is 0 Å². The highest BCUT2D eigenvalue weighted by Gasteiger charge is 2.22. The fourth-order valence-corrected chi connectivity index (χ4v) is 3.67. The SMILES string of the molecule is Cc1cccc(OCCC(=O)N2CCN(CC(=O)Nc3c(C)cccc3C)CC2)c1. The van der Waals surface area contributed by atoms with Gasteiger partial charge in [0, 0.05) is 31.9 Å². The van der Waals surface area contributed by atoms with Crippen molar-refractivity contribution in [3.05, 3.63) is 59.2 Å². The fourth-order valence-electron chi connectivity index (χ4n) is 3.67. The van der Waals surface area contributed by atoms with Crippen molar-refractivity contribution in [1.82, 2.24) is 9.80 Å². The average Bonchev–Trinajstić information content (AvgIpc) is 2.71. The Morgan fingerprint density at radius 2 is 1.63 bits per heavy atom. The average molecular weight is 410 g/mol. The second-order valence-corrected chi connectivity index (χ2v) is 7.89. The van der Waals surface area contributed by atoms with Gasteiger partial charge >= 0.3 is 0 Å². The minimum absolute atomic E-state index is 0.0151. The number of nitrogens with zero attached hydrogens (tertiary/aromatic N) is 2. The van der Waals surface area contributed by atoms with Crippen LogP contribution < -0.4 is 10.1 Å². The number of hydrogen-bond donors (Lipinski definition) is 1. The first-order valence-corrected chi connectivity index (χ1v) is 10.5. The summed E-state index contributed by atoms with van der Waals surface area (Å²) in [4.78, 5) is 28.9. The molecule has 0 bridgehead atoms. The van der Waals surface area contributed by atoms with Crippen LogP contribution in [-0.4, -0.2) is 60.9 Å². The summed E-state index contributed by atoms with van der Waals surface area (Å²) >= 11 is 0. The number of piperazine rings is 1. The van der Waals surface area contributed by atoms with E-state index >= 15 is 0 Å². The van der Waals surface area contributed by atoms with Gasteiger partial charge in [-0.05, 0) is 49.6 Å². The Balaban J connectivity index is 1.38. The summed E-state index contributed by atoms with van der Waals surface area (Å²) in [6.07, 6.45) is 0.362. The molecule has 0 aliphatic carbocycles. The van der Waals surface area contributed by atoms with E-state index in [0.29, 0.717) is 45.8 Å². The molecule has 2 aromatic rings. The molecule has 2 aromatic carbocycles. The third-order valence-electron chi connectivity index (χ3n) is 5.41. The Bertz CT molecular complexity index is 869. The highest BCUT2D eigenvalue weighted by molar-refractivity contribution is 5.93. The molecule has 0 radical (unpaired) electrons. The zero-order valence-electron chi connectivity index (χ0n) is 18.1. The highest BCUT2D eigenvalue weighted by atomic mass is 16.5. The van der Waals surface area contributed by atoms with E-state index in [1.54, 1.807) is 0 Å². The summed E-state index contributed by atoms with van der Waals surface area (Å²) in [6, 6.07) is 13.8. The topological polar surface area (TPSA) is 61.9 Å². The van der Waals surface area contributed by atoms with Crippen LogP contribution in [0.4, 0.5) is 5.69 Å². The van der Waals surface area contributed by atoms with Gasteiger partial charge in [0.2, 0.25) is 11.8 Å². The minimum Gasteiger partial charge on any atom is -0.493 e. The van der Waals surface area contributed by atoms with E-state index in [-0.39, 0.29) is 11.8 Å². The molecule has 30 heavy (non-hydrogen) atoms. The Morgan fingerprint density at radius 1 is 0.967 bits per heavy atom. The zero-order chi connectivity index (χ0) is 21.5. The number of anilines is 1. The smallest absolute Gasteiger partial charge is 0.238 e. The third kappa shape index (κ3) is 6.07. The van der Waals surface area contributed by atoms with E-state index in [9.17, 15) is 9.59 Å². The number of hydrogen-bond acceptors (Lipinski definition) is 4. The molecular formula is C24H31N3O3. The van der Waals surface area contributed by atoms with Gasteiger partial charge in [0.1, 0.15) is 5.75 Å². The Labute approximate surface area is 178 Å². The van der Waals surface area contributed by atoms with E-state index in [1.165, 1.54) is 0 Å². The van der Waals surface area contributed by atoms with Crippen LogP contribution in [0, 0.1) is 20.8 Å². The van der Waals surface area contributed by atoms with Crippen molar-refractivity contribution < 1.29 is 14.3 Å². The van der Waals surface area contributed by atoms with Gasteiger partial charge in [0.05, 0.1) is 19.6 Å². The van der Waals surface area contributed by atoms with Gasteiger partial charge in [-0.2, -0.15) is 0 Å². The lowest BCUT2D eigenvalue weighted by Gasteiger charge is -2.34. The molecule has 0 saturated carbocycles. The first-order chi connectivity index (χ1) is 14.4. The van der Waals surface area contributed by atoms with Crippen LogP contribution in [-0.2, 0) is 9.59 Å². The van der Waals surface area contributed by atoms with E-state index in [4.69, 9.17) is 4.74 Å². The van der Waals surface area contributed by atoms with Crippen molar-refractivity contribution in [1.29, 1.82) is 0 Å². The normalized spacial score (nSPS) is 14.4. The molecule has 6 nitrogen and oxygen atoms in total. The molecule has 1 aliphatic heterocycles. The molecule has 0 aromatic heterocycles. The van der Waals surface area contributed by atoms with Gasteiger partial charge < -0.3 is 15.0 Å². The van der Waals surface area contributed by atoms with Crippen LogP contribution >= 0.6 is 0 Å². The fraction of sp³-hybridized carbons (Fsp3) is 0.417. The van der Waals surface area contributed by atoms with E-state index in [0.717, 1.165) is 28.1 Å². The Hall–Kier alpha value is -2.86. The number of carbonyl (C=O) groups is 2. The van der Waals surface area contributed by atoms with Crippen molar-refractivity contribution >= 4 is 17.5 Å². The first-order valence-electron chi connectivity index (χ1n) is 10.5. The number of carbonyl (C=O) groups excluding carboxylic acids is 2. The maximum absolute atomic E-state index is 12.5. The Morgan fingerprint density at radius 3 is 2.30 bits per heavy atom. The number of para-hydroxylation sites is 1. The van der Waals surface area contributed by atoms with Crippen molar-refractivity contribution in [3.63, 3.8) is 0 Å². The summed E-state index contributed by atoms with van der Waals surface area (Å²) in [5, 5.41) is 3.03. The molecule has 1 fully saturated rings. The zero-order valence-corrected chi connectivity index (χ0v) is 18.1. The van der Waals surface area contributed by atoms with Crippen molar-refractivity contribution in [2.45, 2.75) is 27.2 Å². The molecule has 160 valence electrons. The maximum atomic E-state index is 12.5. The van der Waals surface area contributed by atoms with E-state index < -0.39 is 0 Å². The van der Waals surface area contributed by atoms with Crippen molar-refractivity contribution in [2.75, 3.05) is 44.6 Å². The summed E-state index contributed by atoms with van der Waals surface area (Å²) < 4.78 is 5.69. The standard InChI is InChI=1S/C24H31N3O3/c1-18-6-4-9-21(16-18)30-15-10-23(29)27-13-11-26(12-14-27)17-22(28)25-24-19(2)7-5-8-20(24)3/h4-9,16H,10-15,17H2,1-3H3,(H,25,28). The summed E-state index contributed by atoms with van der Waals surface area (Å²) in [7, 11) is 0. The molecule has 1 saturated heterocycles. The molecule has 0 unspecified atom stereocenters. The molecule has 6 heteroatoms.